The first kappa shape index (κ1) is 20.3. The number of rotatable bonds is 4. The highest BCUT2D eigenvalue weighted by molar-refractivity contribution is 6.36. The van der Waals surface area contributed by atoms with Gasteiger partial charge in [-0.15, -0.1) is 0 Å². The minimum absolute atomic E-state index is 0.0656. The number of halogens is 4. The predicted molar refractivity (Wildman–Crippen MR) is 104 cm³/mol. The van der Waals surface area contributed by atoms with E-state index in [9.17, 15) is 18.0 Å². The van der Waals surface area contributed by atoms with Gasteiger partial charge in [0.25, 0.3) is 5.91 Å². The maximum Gasteiger partial charge on any atom is 0.410 e. The third-order valence-corrected chi connectivity index (χ3v) is 5.40. The average Bonchev–Trinajstić information content (AvgIpc) is 3.36. The molecule has 6 nitrogen and oxygen atoms in total. The zero-order valence-corrected chi connectivity index (χ0v) is 16.5. The van der Waals surface area contributed by atoms with Crippen molar-refractivity contribution in [1.82, 2.24) is 15.1 Å². The van der Waals surface area contributed by atoms with E-state index >= 15 is 0 Å². The summed E-state index contributed by atoms with van der Waals surface area (Å²) in [7, 11) is 0. The number of alkyl halides is 3. The number of amides is 1. The van der Waals surface area contributed by atoms with E-state index in [4.69, 9.17) is 16.0 Å². The summed E-state index contributed by atoms with van der Waals surface area (Å²) in [5.74, 6) is -0.379. The summed E-state index contributed by atoms with van der Waals surface area (Å²) in [6, 6.07) is 9.26. The van der Waals surface area contributed by atoms with Crippen molar-refractivity contribution < 1.29 is 22.4 Å². The number of benzene rings is 1. The molecule has 2 aromatic heterocycles. The molecule has 3 aromatic rings. The highest BCUT2D eigenvalue weighted by Gasteiger charge is 2.48. The molecule has 1 amide bonds. The molecule has 1 aliphatic heterocycles. The summed E-state index contributed by atoms with van der Waals surface area (Å²) in [6.45, 7) is 1.76. The van der Waals surface area contributed by atoms with Gasteiger partial charge in [0, 0.05) is 6.42 Å². The number of anilines is 1. The quantitative estimate of drug-likeness (QED) is 0.581. The van der Waals surface area contributed by atoms with E-state index in [1.54, 1.807) is 19.1 Å². The van der Waals surface area contributed by atoms with Gasteiger partial charge in [-0.3, -0.25) is 4.79 Å². The van der Waals surface area contributed by atoms with E-state index < -0.39 is 24.2 Å². The predicted octanol–water partition coefficient (Wildman–Crippen LogP) is 5.28. The SMILES string of the molecule is C[C@@H](NC(=O)c1nn2c(c1Cl)N[C@@H](c1ccco1)C[C@H]2C(F)(F)F)c1ccccc1. The molecule has 0 bridgehead atoms. The second kappa shape index (κ2) is 7.71. The maximum absolute atomic E-state index is 13.7. The monoisotopic (exact) mass is 438 g/mol. The standard InChI is InChI=1S/C20H18ClF3N4O2/c1-11(12-6-3-2-4-7-12)25-19(29)17-16(21)18-26-13(14-8-5-9-30-14)10-15(20(22,23)24)28(18)27-17/h2-9,11,13,15,26H,10H2,1H3,(H,25,29)/t11-,13-,15+/m1/s1. The Kier molecular flexibility index (Phi) is 5.23. The third-order valence-electron chi connectivity index (χ3n) is 5.04. The van der Waals surface area contributed by atoms with Gasteiger partial charge in [0.2, 0.25) is 0 Å². The lowest BCUT2D eigenvalue weighted by molar-refractivity contribution is -0.174. The molecule has 0 radical (unpaired) electrons. The van der Waals surface area contributed by atoms with Crippen LogP contribution in [0.5, 0.6) is 0 Å². The lowest BCUT2D eigenvalue weighted by Gasteiger charge is -2.32. The molecular formula is C20H18ClF3N4O2. The fourth-order valence-electron chi connectivity index (χ4n) is 3.50. The van der Waals surface area contributed by atoms with Crippen LogP contribution in [-0.2, 0) is 0 Å². The number of hydrogen-bond donors (Lipinski definition) is 2. The molecule has 2 N–H and O–H groups in total. The Morgan fingerprint density at radius 2 is 2.03 bits per heavy atom. The fraction of sp³-hybridized carbons (Fsp3) is 0.300. The third kappa shape index (κ3) is 3.77. The van der Waals surface area contributed by atoms with E-state index in [1.165, 1.54) is 6.26 Å². The van der Waals surface area contributed by atoms with Crippen molar-refractivity contribution in [2.45, 2.75) is 37.6 Å². The molecule has 0 unspecified atom stereocenters. The molecule has 1 aliphatic rings. The van der Waals surface area contributed by atoms with Crippen LogP contribution >= 0.6 is 11.6 Å². The van der Waals surface area contributed by atoms with Crippen molar-refractivity contribution in [1.29, 1.82) is 0 Å². The summed E-state index contributed by atoms with van der Waals surface area (Å²) in [6.07, 6.45) is -3.54. The van der Waals surface area contributed by atoms with Crippen LogP contribution in [-0.4, -0.2) is 21.9 Å². The van der Waals surface area contributed by atoms with Crippen LogP contribution in [0.25, 0.3) is 0 Å². The second-order valence-corrected chi connectivity index (χ2v) is 7.45. The zero-order chi connectivity index (χ0) is 21.5. The van der Waals surface area contributed by atoms with E-state index in [1.807, 2.05) is 30.3 Å². The Morgan fingerprint density at radius 3 is 2.67 bits per heavy atom. The Bertz CT molecular complexity index is 1030. The fourth-order valence-corrected chi connectivity index (χ4v) is 3.77. The Balaban J connectivity index is 1.65. The Morgan fingerprint density at radius 1 is 1.30 bits per heavy atom. The number of carbonyl (C=O) groups excluding carboxylic acids is 1. The molecule has 10 heteroatoms. The summed E-state index contributed by atoms with van der Waals surface area (Å²) in [5.41, 5.74) is 0.575. The summed E-state index contributed by atoms with van der Waals surface area (Å²) >= 11 is 6.30. The Labute approximate surface area is 175 Å². The molecule has 1 aromatic carbocycles. The van der Waals surface area contributed by atoms with Gasteiger partial charge in [0.15, 0.2) is 11.7 Å². The maximum atomic E-state index is 13.7. The van der Waals surface area contributed by atoms with Gasteiger partial charge in [-0.25, -0.2) is 4.68 Å². The number of carbonyl (C=O) groups is 1. The summed E-state index contributed by atoms with van der Waals surface area (Å²) in [4.78, 5) is 12.7. The number of nitrogens with zero attached hydrogens (tertiary/aromatic N) is 2. The van der Waals surface area contributed by atoms with Crippen LogP contribution in [0.4, 0.5) is 19.0 Å². The number of aromatic nitrogens is 2. The molecule has 0 saturated heterocycles. The van der Waals surface area contributed by atoms with E-state index in [0.717, 1.165) is 10.2 Å². The molecule has 0 aliphatic carbocycles. The highest BCUT2D eigenvalue weighted by Crippen LogP contribution is 2.46. The number of fused-ring (bicyclic) bond motifs is 1. The normalized spacial score (nSPS) is 19.6. The zero-order valence-electron chi connectivity index (χ0n) is 15.8. The van der Waals surface area contributed by atoms with Gasteiger partial charge in [-0.2, -0.15) is 18.3 Å². The van der Waals surface area contributed by atoms with Gasteiger partial charge >= 0.3 is 6.18 Å². The topological polar surface area (TPSA) is 72.1 Å². The van der Waals surface area contributed by atoms with Gasteiger partial charge in [-0.05, 0) is 24.6 Å². The molecule has 158 valence electrons. The molecule has 30 heavy (non-hydrogen) atoms. The van der Waals surface area contributed by atoms with Crippen LogP contribution < -0.4 is 10.6 Å². The lowest BCUT2D eigenvalue weighted by Crippen LogP contribution is -2.35. The van der Waals surface area contributed by atoms with Crippen LogP contribution in [0, 0.1) is 0 Å². The van der Waals surface area contributed by atoms with Gasteiger partial charge in [0.1, 0.15) is 16.6 Å². The summed E-state index contributed by atoms with van der Waals surface area (Å²) in [5, 5.41) is 9.40. The van der Waals surface area contributed by atoms with Crippen molar-refractivity contribution in [2.75, 3.05) is 5.32 Å². The molecule has 0 saturated carbocycles. The number of nitrogens with one attached hydrogen (secondary N) is 2. The van der Waals surface area contributed by atoms with Crippen LogP contribution in [0.1, 0.15) is 53.3 Å². The van der Waals surface area contributed by atoms with Crippen LogP contribution in [0.2, 0.25) is 5.02 Å². The smallest absolute Gasteiger partial charge is 0.410 e. The van der Waals surface area contributed by atoms with Gasteiger partial charge in [0.05, 0.1) is 18.3 Å². The average molecular weight is 439 g/mol. The van der Waals surface area contributed by atoms with Crippen molar-refractivity contribution in [3.8, 4) is 0 Å². The number of furan rings is 1. The van der Waals surface area contributed by atoms with Crippen LogP contribution in [0.15, 0.2) is 53.1 Å². The number of hydrogen-bond acceptors (Lipinski definition) is 4. The molecule has 3 heterocycles. The van der Waals surface area contributed by atoms with Gasteiger partial charge in [-0.1, -0.05) is 41.9 Å². The van der Waals surface area contributed by atoms with Crippen molar-refractivity contribution >= 4 is 23.3 Å². The minimum Gasteiger partial charge on any atom is -0.467 e. The second-order valence-electron chi connectivity index (χ2n) is 7.07. The largest absolute Gasteiger partial charge is 0.467 e. The molecule has 4 rings (SSSR count). The molecule has 0 spiro atoms. The molecule has 3 atom stereocenters. The molecule has 0 fully saturated rings. The van der Waals surface area contributed by atoms with Crippen molar-refractivity contribution in [3.05, 3.63) is 70.8 Å². The lowest BCUT2D eigenvalue weighted by atomic mass is 10.0. The first-order chi connectivity index (χ1) is 14.3. The molecular weight excluding hydrogens is 421 g/mol. The first-order valence-electron chi connectivity index (χ1n) is 9.26. The van der Waals surface area contributed by atoms with Crippen molar-refractivity contribution in [3.63, 3.8) is 0 Å². The minimum atomic E-state index is -4.58. The summed E-state index contributed by atoms with van der Waals surface area (Å²) < 4.78 is 47.2. The first-order valence-corrected chi connectivity index (χ1v) is 9.64. The highest BCUT2D eigenvalue weighted by atomic mass is 35.5. The van der Waals surface area contributed by atoms with Crippen LogP contribution in [0.3, 0.4) is 0 Å². The van der Waals surface area contributed by atoms with E-state index in [2.05, 4.69) is 15.7 Å². The Hall–Kier alpha value is -2.94. The van der Waals surface area contributed by atoms with Gasteiger partial charge < -0.3 is 15.1 Å². The van der Waals surface area contributed by atoms with E-state index in [0.29, 0.717) is 5.76 Å². The van der Waals surface area contributed by atoms with E-state index in [-0.39, 0.29) is 29.0 Å². The van der Waals surface area contributed by atoms with Crippen molar-refractivity contribution in [2.24, 2.45) is 0 Å².